The normalized spacial score (nSPS) is 11.7. The fourth-order valence-corrected chi connectivity index (χ4v) is 13.5. The highest BCUT2D eigenvalue weighted by atomic mass is 15.0. The molecule has 0 fully saturated rings. The third kappa shape index (κ3) is 8.73. The minimum atomic E-state index is 0.567. The van der Waals surface area contributed by atoms with E-state index >= 15 is 0 Å². The van der Waals surface area contributed by atoms with Crippen molar-refractivity contribution in [1.29, 1.82) is 0 Å². The van der Waals surface area contributed by atoms with E-state index in [0.717, 1.165) is 101 Å². The topological polar surface area (TPSA) is 66.3 Å². The molecule has 0 aliphatic carbocycles. The number of benzene rings is 12. The Hall–Kier alpha value is -11.8. The van der Waals surface area contributed by atoms with Gasteiger partial charge >= 0.3 is 0 Å². The second kappa shape index (κ2) is 21.0. The molecule has 17 rings (SSSR count). The molecule has 0 unspecified atom stereocenters. The lowest BCUT2D eigenvalue weighted by Crippen LogP contribution is -2.02. The van der Waals surface area contributed by atoms with Crippen LogP contribution in [0.3, 0.4) is 0 Å². The van der Waals surface area contributed by atoms with Gasteiger partial charge in [-0.15, -0.1) is 0 Å². The van der Waals surface area contributed by atoms with E-state index < -0.39 is 0 Å². The van der Waals surface area contributed by atoms with Crippen molar-refractivity contribution in [2.45, 2.75) is 13.8 Å². The van der Waals surface area contributed by atoms with Crippen LogP contribution >= 0.6 is 0 Å². The van der Waals surface area contributed by atoms with Crippen LogP contribution in [-0.2, 0) is 0 Å². The Morgan fingerprint density at radius 1 is 0.236 bits per heavy atom. The van der Waals surface area contributed by atoms with E-state index in [1.165, 1.54) is 54.5 Å². The molecule has 12 aromatic carbocycles. The number of nitrogens with zero attached hydrogens (tertiary/aromatic N) is 7. The third-order valence-corrected chi connectivity index (χ3v) is 17.6. The maximum absolute atomic E-state index is 5.88. The quantitative estimate of drug-likeness (QED) is 0.137. The number of hydrogen-bond acceptors (Lipinski definition) is 4. The zero-order valence-electron chi connectivity index (χ0n) is 48.9. The van der Waals surface area contributed by atoms with Crippen molar-refractivity contribution in [3.8, 4) is 96.0 Å². The van der Waals surface area contributed by atoms with Gasteiger partial charge < -0.3 is 13.7 Å². The van der Waals surface area contributed by atoms with Gasteiger partial charge in [-0.2, -0.15) is 0 Å². The minimum Gasteiger partial charge on any atom is -0.309 e. The first-order chi connectivity index (χ1) is 44.0. The Morgan fingerprint density at radius 2 is 0.596 bits per heavy atom. The predicted molar refractivity (Wildman–Crippen MR) is 368 cm³/mol. The molecule has 0 aliphatic rings. The van der Waals surface area contributed by atoms with Gasteiger partial charge in [0.1, 0.15) is 0 Å². The zero-order valence-corrected chi connectivity index (χ0v) is 48.9. The summed E-state index contributed by atoms with van der Waals surface area (Å²) in [5, 5.41) is 7.36. The summed E-state index contributed by atoms with van der Waals surface area (Å²) in [6, 6.07) is 106. The van der Waals surface area contributed by atoms with Gasteiger partial charge in [-0.25, -0.2) is 19.9 Å². The summed E-state index contributed by atoms with van der Waals surface area (Å²) in [4.78, 5) is 21.7. The van der Waals surface area contributed by atoms with Crippen molar-refractivity contribution in [2.24, 2.45) is 0 Å². The zero-order chi connectivity index (χ0) is 59.1. The molecule has 418 valence electrons. The Labute approximate surface area is 514 Å². The van der Waals surface area contributed by atoms with Crippen LogP contribution in [0.25, 0.3) is 161 Å². The van der Waals surface area contributed by atoms with E-state index in [1.54, 1.807) is 0 Å². The molecule has 0 bridgehead atoms. The van der Waals surface area contributed by atoms with Gasteiger partial charge in [-0.3, -0.25) is 0 Å². The molecule has 5 aromatic heterocycles. The van der Waals surface area contributed by atoms with Crippen LogP contribution in [0.15, 0.2) is 297 Å². The van der Waals surface area contributed by atoms with Gasteiger partial charge in [-0.05, 0) is 122 Å². The smallest absolute Gasteiger partial charge is 0.164 e. The van der Waals surface area contributed by atoms with Gasteiger partial charge in [0, 0.05) is 82.8 Å². The molecule has 0 radical (unpaired) electrons. The van der Waals surface area contributed by atoms with Gasteiger partial charge in [0.05, 0.1) is 44.5 Å². The second-order valence-corrected chi connectivity index (χ2v) is 23.1. The maximum Gasteiger partial charge on any atom is 0.164 e. The molecule has 7 nitrogen and oxygen atoms in total. The average Bonchev–Trinajstić information content (AvgIpc) is 1.87. The van der Waals surface area contributed by atoms with Crippen molar-refractivity contribution in [1.82, 2.24) is 33.6 Å². The summed E-state index contributed by atoms with van der Waals surface area (Å²) >= 11 is 0. The van der Waals surface area contributed by atoms with E-state index in [2.05, 4.69) is 288 Å². The number of pyridine rings is 1. The number of rotatable bonds is 10. The summed E-state index contributed by atoms with van der Waals surface area (Å²) in [6.45, 7) is 4.34. The third-order valence-electron chi connectivity index (χ3n) is 17.6. The largest absolute Gasteiger partial charge is 0.309 e. The van der Waals surface area contributed by atoms with Crippen LogP contribution in [0.2, 0.25) is 0 Å². The van der Waals surface area contributed by atoms with Crippen LogP contribution in [0.1, 0.15) is 11.1 Å². The van der Waals surface area contributed by atoms with E-state index in [0.29, 0.717) is 17.5 Å². The molecular formula is C82H55N7. The van der Waals surface area contributed by atoms with Crippen molar-refractivity contribution >= 4 is 65.4 Å². The first-order valence-corrected chi connectivity index (χ1v) is 30.3. The number of aromatic nitrogens is 7. The number of aryl methyl sites for hydroxylation is 2. The lowest BCUT2D eigenvalue weighted by molar-refractivity contribution is 1.07. The fourth-order valence-electron chi connectivity index (χ4n) is 13.5. The van der Waals surface area contributed by atoms with Crippen LogP contribution in [0.4, 0.5) is 0 Å². The van der Waals surface area contributed by atoms with Crippen molar-refractivity contribution < 1.29 is 0 Å². The van der Waals surface area contributed by atoms with Gasteiger partial charge in [-0.1, -0.05) is 217 Å². The highest BCUT2D eigenvalue weighted by Gasteiger charge is 2.25. The molecule has 0 saturated heterocycles. The lowest BCUT2D eigenvalue weighted by Gasteiger charge is -2.21. The van der Waals surface area contributed by atoms with Crippen LogP contribution in [0, 0.1) is 13.8 Å². The average molecular weight is 1140 g/mol. The molecule has 0 aliphatic heterocycles. The van der Waals surface area contributed by atoms with Crippen LogP contribution in [-0.4, -0.2) is 33.6 Å². The van der Waals surface area contributed by atoms with E-state index in [-0.39, 0.29) is 0 Å². The first kappa shape index (κ1) is 51.6. The molecule has 0 spiro atoms. The van der Waals surface area contributed by atoms with Crippen LogP contribution in [0.5, 0.6) is 0 Å². The Kier molecular flexibility index (Phi) is 12.2. The highest BCUT2D eigenvalue weighted by molar-refractivity contribution is 6.12. The fraction of sp³-hybridized carbons (Fsp3) is 0.0244. The Morgan fingerprint density at radius 3 is 1.04 bits per heavy atom. The maximum atomic E-state index is 5.88. The highest BCUT2D eigenvalue weighted by Crippen LogP contribution is 2.46. The van der Waals surface area contributed by atoms with Crippen LogP contribution < -0.4 is 0 Å². The molecule has 89 heavy (non-hydrogen) atoms. The number of hydrogen-bond donors (Lipinski definition) is 0. The van der Waals surface area contributed by atoms with Gasteiger partial charge in [0.2, 0.25) is 0 Å². The van der Waals surface area contributed by atoms with Crippen molar-refractivity contribution in [3.63, 3.8) is 0 Å². The molecule has 0 atom stereocenters. The van der Waals surface area contributed by atoms with E-state index in [4.69, 9.17) is 19.9 Å². The van der Waals surface area contributed by atoms with Gasteiger partial charge in [0.15, 0.2) is 17.5 Å². The number of para-hydroxylation sites is 4. The first-order valence-electron chi connectivity index (χ1n) is 30.3. The predicted octanol–water partition coefficient (Wildman–Crippen LogP) is 20.8. The lowest BCUT2D eigenvalue weighted by atomic mass is 9.87. The van der Waals surface area contributed by atoms with E-state index in [1.807, 2.05) is 36.4 Å². The molecule has 0 N–H and O–H groups in total. The Balaban J connectivity index is 0.915. The summed E-state index contributed by atoms with van der Waals surface area (Å²) < 4.78 is 7.14. The second-order valence-electron chi connectivity index (χ2n) is 23.1. The van der Waals surface area contributed by atoms with Crippen molar-refractivity contribution in [3.05, 3.63) is 308 Å². The summed E-state index contributed by atoms with van der Waals surface area (Å²) in [5.74, 6) is 1.76. The molecular weight excluding hydrogens is 1080 g/mol. The summed E-state index contributed by atoms with van der Waals surface area (Å²) in [7, 11) is 0. The molecule has 17 aromatic rings. The van der Waals surface area contributed by atoms with Crippen molar-refractivity contribution in [2.75, 3.05) is 0 Å². The standard InChI is InChI=1S/C82H55N7/c1-52-33-47-76-68(49-52)69-50-53(2)34-48-77(69)89(76)59-41-35-54(36-42-59)71-51-70(62-23-9-10-28-67(62)82-85-80(57-19-5-3-6-20-57)84-81(86-82)58-21-7-4-8-22-58)78(55-37-43-60(44-38-55)87-72-29-15-11-24-63(72)64-25-12-16-30-73(64)87)79(83-71)56-39-45-61(46-40-56)88-74-31-17-13-26-65(74)66-27-14-18-32-75(66)88/h3-51H,1-2H3. The molecule has 0 saturated carbocycles. The molecule has 5 heterocycles. The van der Waals surface area contributed by atoms with Gasteiger partial charge in [0.25, 0.3) is 0 Å². The van der Waals surface area contributed by atoms with E-state index in [9.17, 15) is 0 Å². The number of fused-ring (bicyclic) bond motifs is 9. The molecule has 0 amide bonds. The summed E-state index contributed by atoms with van der Waals surface area (Å²) in [5.41, 5.74) is 22.9. The monoisotopic (exact) mass is 1140 g/mol. The SMILES string of the molecule is Cc1ccc2c(c1)c1cc(C)ccc1n2-c1ccc(-c2cc(-c3ccccc3-c3nc(-c4ccccc4)nc(-c4ccccc4)n3)c(-c3ccc(-n4c5ccccc5c5ccccc54)cc3)c(-c3ccc(-n4c5ccccc5c5ccccc54)cc3)n2)cc1. The summed E-state index contributed by atoms with van der Waals surface area (Å²) in [6.07, 6.45) is 0. The molecule has 7 heteroatoms. The minimum absolute atomic E-state index is 0.567. The Bertz CT molecular complexity index is 5380.